The van der Waals surface area contributed by atoms with Crippen molar-refractivity contribution in [3.63, 3.8) is 0 Å². The first-order chi connectivity index (χ1) is 17.8. The first-order valence-electron chi connectivity index (χ1n) is 15.9. The fraction of sp³-hybridized carbons (Fsp3) is 0.789. The number of hydrogen-bond acceptors (Lipinski definition) is 2. The van der Waals surface area contributed by atoms with Crippen LogP contribution in [0, 0.1) is 16.2 Å². The first-order valence-corrected chi connectivity index (χ1v) is 15.9. The lowest BCUT2D eigenvalue weighted by atomic mass is 9.82. The van der Waals surface area contributed by atoms with Gasteiger partial charge in [-0.3, -0.25) is 9.80 Å². The molecule has 1 aromatic carbocycles. The van der Waals surface area contributed by atoms with Crippen LogP contribution in [0.15, 0.2) is 36.9 Å². The second-order valence-corrected chi connectivity index (χ2v) is 16.7. The van der Waals surface area contributed by atoms with Gasteiger partial charge >= 0.3 is 0 Å². The predicted molar refractivity (Wildman–Crippen MR) is 188 cm³/mol. The van der Waals surface area contributed by atoms with E-state index < -0.39 is 0 Å². The molecule has 0 unspecified atom stereocenters. The molecule has 0 atom stereocenters. The standard InChI is InChI=1S/C14H22.C13H30N2.C9H18.C2H6/c1-13(2,3)11-7-9-12(10-8-11)14(4,5)6;1-12(2,3)9-14(7)11-15(8)10-13(4,5)6;1-5-7-8-9(3,4)6-2;1-2/h7-10H,1-6H3;9-11H2,1-8H3;5H,1,6-8H2,2-4H3;1-2H3. The molecule has 0 heterocycles. The number of hydrogen-bond donors (Lipinski definition) is 0. The number of rotatable bonds is 8. The largest absolute Gasteiger partial charge is 0.293 e. The van der Waals surface area contributed by atoms with E-state index in [-0.39, 0.29) is 10.8 Å². The van der Waals surface area contributed by atoms with E-state index in [2.05, 4.69) is 159 Å². The highest BCUT2D eigenvalue weighted by molar-refractivity contribution is 5.30. The number of allylic oxidation sites excluding steroid dienone is 1. The summed E-state index contributed by atoms with van der Waals surface area (Å²) < 4.78 is 0. The fourth-order valence-corrected chi connectivity index (χ4v) is 4.27. The van der Waals surface area contributed by atoms with Crippen molar-refractivity contribution in [3.8, 4) is 0 Å². The molecule has 0 N–H and O–H groups in total. The summed E-state index contributed by atoms with van der Waals surface area (Å²) in [7, 11) is 4.40. The third-order valence-corrected chi connectivity index (χ3v) is 6.57. The Morgan fingerprint density at radius 2 is 0.925 bits per heavy atom. The summed E-state index contributed by atoms with van der Waals surface area (Å²) in [6, 6.07) is 9.00. The van der Waals surface area contributed by atoms with Gasteiger partial charge in [-0.05, 0) is 65.1 Å². The van der Waals surface area contributed by atoms with Gasteiger partial charge in [-0.25, -0.2) is 0 Å². The van der Waals surface area contributed by atoms with Gasteiger partial charge in [0.25, 0.3) is 0 Å². The van der Waals surface area contributed by atoms with Gasteiger partial charge in [0.2, 0.25) is 0 Å². The zero-order chi connectivity index (χ0) is 32.6. The molecule has 0 aliphatic rings. The molecule has 238 valence electrons. The highest BCUT2D eigenvalue weighted by Gasteiger charge is 2.18. The lowest BCUT2D eigenvalue weighted by Gasteiger charge is -2.33. The SMILES string of the molecule is C=CCCC(C)(C)CC.CC.CC(C)(C)c1ccc(C(C)(C)C)cc1.CN(CN(C)CC(C)(C)C)CC(C)(C)C. The molecule has 0 aliphatic heterocycles. The van der Waals surface area contributed by atoms with E-state index in [9.17, 15) is 0 Å². The molecule has 0 aromatic heterocycles. The molecular formula is C38H76N2. The van der Waals surface area contributed by atoms with Gasteiger partial charge in [0, 0.05) is 13.1 Å². The van der Waals surface area contributed by atoms with E-state index in [1.54, 1.807) is 0 Å². The van der Waals surface area contributed by atoms with Crippen LogP contribution in [-0.2, 0) is 10.8 Å². The Balaban J connectivity index is -0.000000512. The minimum atomic E-state index is 0.260. The molecular weight excluding hydrogens is 484 g/mol. The van der Waals surface area contributed by atoms with Crippen LogP contribution < -0.4 is 0 Å². The molecule has 1 aromatic rings. The van der Waals surface area contributed by atoms with Crippen LogP contribution >= 0.6 is 0 Å². The average Bonchev–Trinajstić information content (AvgIpc) is 2.76. The topological polar surface area (TPSA) is 6.48 Å². The van der Waals surface area contributed by atoms with Gasteiger partial charge in [-0.2, -0.15) is 0 Å². The number of nitrogens with zero attached hydrogens (tertiary/aromatic N) is 2. The lowest BCUT2D eigenvalue weighted by Crippen LogP contribution is -2.40. The summed E-state index contributed by atoms with van der Waals surface area (Å²) in [4.78, 5) is 4.79. The average molecular weight is 561 g/mol. The molecule has 0 fully saturated rings. The van der Waals surface area contributed by atoms with Crippen molar-refractivity contribution >= 4 is 0 Å². The zero-order valence-corrected chi connectivity index (χ0v) is 31.2. The van der Waals surface area contributed by atoms with Crippen LogP contribution in [0.25, 0.3) is 0 Å². The van der Waals surface area contributed by atoms with Crippen molar-refractivity contribution in [1.82, 2.24) is 9.80 Å². The second-order valence-electron chi connectivity index (χ2n) is 16.7. The second kappa shape index (κ2) is 19.1. The summed E-state index contributed by atoms with van der Waals surface area (Å²) in [5, 5.41) is 0. The van der Waals surface area contributed by atoms with Gasteiger partial charge in [0.15, 0.2) is 0 Å². The maximum atomic E-state index is 3.70. The van der Waals surface area contributed by atoms with Gasteiger partial charge in [-0.15, -0.1) is 6.58 Å². The molecule has 1 rings (SSSR count). The quantitative estimate of drug-likeness (QED) is 0.230. The molecule has 0 saturated carbocycles. The highest BCUT2D eigenvalue weighted by atomic mass is 15.3. The first kappa shape index (κ1) is 43.3. The minimum absolute atomic E-state index is 0.260. The molecule has 40 heavy (non-hydrogen) atoms. The van der Waals surface area contributed by atoms with Crippen molar-refractivity contribution in [2.45, 2.75) is 148 Å². The van der Waals surface area contributed by atoms with Crippen molar-refractivity contribution in [3.05, 3.63) is 48.0 Å². The zero-order valence-electron chi connectivity index (χ0n) is 31.2. The van der Waals surface area contributed by atoms with Crippen LogP contribution in [0.4, 0.5) is 0 Å². The van der Waals surface area contributed by atoms with Crippen molar-refractivity contribution in [1.29, 1.82) is 0 Å². The van der Waals surface area contributed by atoms with Crippen LogP contribution in [0.3, 0.4) is 0 Å². The fourth-order valence-electron chi connectivity index (χ4n) is 4.27. The monoisotopic (exact) mass is 561 g/mol. The molecule has 0 saturated heterocycles. The van der Waals surface area contributed by atoms with E-state index in [4.69, 9.17) is 0 Å². The summed E-state index contributed by atoms with van der Waals surface area (Å²) in [6.07, 6.45) is 5.69. The van der Waals surface area contributed by atoms with Crippen LogP contribution in [0.5, 0.6) is 0 Å². The van der Waals surface area contributed by atoms with Gasteiger partial charge < -0.3 is 0 Å². The Kier molecular flexibility index (Phi) is 20.7. The van der Waals surface area contributed by atoms with Crippen molar-refractivity contribution in [2.24, 2.45) is 16.2 Å². The maximum Gasteiger partial charge on any atom is 0.0500 e. The summed E-state index contributed by atoms with van der Waals surface area (Å²) >= 11 is 0. The van der Waals surface area contributed by atoms with Gasteiger partial charge in [-0.1, -0.05) is 154 Å². The molecule has 2 nitrogen and oxygen atoms in total. The van der Waals surface area contributed by atoms with E-state index in [0.717, 1.165) is 26.2 Å². The van der Waals surface area contributed by atoms with E-state index in [1.807, 2.05) is 19.9 Å². The normalized spacial score (nSPS) is 12.5. The maximum absolute atomic E-state index is 3.70. The summed E-state index contributed by atoms with van der Waals surface area (Å²) in [5.74, 6) is 0. The van der Waals surface area contributed by atoms with Crippen molar-refractivity contribution < 1.29 is 0 Å². The molecule has 0 radical (unpaired) electrons. The summed E-state index contributed by atoms with van der Waals surface area (Å²) in [6.45, 7) is 45.1. The van der Waals surface area contributed by atoms with Gasteiger partial charge in [0.1, 0.15) is 0 Å². The van der Waals surface area contributed by atoms with Crippen molar-refractivity contribution in [2.75, 3.05) is 33.9 Å². The Bertz CT molecular complexity index is 690. The number of benzene rings is 1. The Morgan fingerprint density at radius 3 is 1.12 bits per heavy atom. The molecule has 2 heteroatoms. The minimum Gasteiger partial charge on any atom is -0.293 e. The van der Waals surface area contributed by atoms with E-state index >= 15 is 0 Å². The van der Waals surface area contributed by atoms with Crippen LogP contribution in [-0.4, -0.2) is 43.7 Å². The predicted octanol–water partition coefficient (Wildman–Crippen LogP) is 11.6. The van der Waals surface area contributed by atoms with Gasteiger partial charge in [0.05, 0.1) is 6.67 Å². The van der Waals surface area contributed by atoms with E-state index in [1.165, 1.54) is 24.0 Å². The van der Waals surface area contributed by atoms with Crippen LogP contribution in [0.1, 0.15) is 148 Å². The van der Waals surface area contributed by atoms with Crippen LogP contribution in [0.2, 0.25) is 0 Å². The highest BCUT2D eigenvalue weighted by Crippen LogP contribution is 2.27. The third-order valence-electron chi connectivity index (χ3n) is 6.57. The lowest BCUT2D eigenvalue weighted by molar-refractivity contribution is 0.115. The Morgan fingerprint density at radius 1 is 0.625 bits per heavy atom. The smallest absolute Gasteiger partial charge is 0.0500 e. The summed E-state index contributed by atoms with van der Waals surface area (Å²) in [5.41, 5.74) is 4.63. The Labute approximate surface area is 255 Å². The molecule has 0 bridgehead atoms. The van der Waals surface area contributed by atoms with E-state index in [0.29, 0.717) is 16.2 Å². The molecule has 0 spiro atoms. The molecule has 0 aliphatic carbocycles. The third kappa shape index (κ3) is 25.8. The Hall–Kier alpha value is -1.12. The molecule has 0 amide bonds.